The number of benzene rings is 1. The number of hydrogen-bond donors (Lipinski definition) is 1. The van der Waals surface area contributed by atoms with E-state index in [9.17, 15) is 9.59 Å². The molecule has 2 heterocycles. The van der Waals surface area contributed by atoms with E-state index in [0.29, 0.717) is 30.5 Å². The molecule has 3 rings (SSSR count). The zero-order valence-corrected chi connectivity index (χ0v) is 14.9. The molecule has 27 heavy (non-hydrogen) atoms. The van der Waals surface area contributed by atoms with Crippen molar-refractivity contribution in [3.8, 4) is 17.4 Å². The molecule has 0 spiro atoms. The smallest absolute Gasteiger partial charge is 0.303 e. The van der Waals surface area contributed by atoms with Crippen molar-refractivity contribution in [1.82, 2.24) is 9.88 Å². The molecular weight excluding hydrogens is 348 g/mol. The number of piperidine rings is 1. The molecule has 1 aromatic carbocycles. The van der Waals surface area contributed by atoms with E-state index in [-0.39, 0.29) is 24.9 Å². The summed E-state index contributed by atoms with van der Waals surface area (Å²) in [7, 11) is 0. The van der Waals surface area contributed by atoms with Crippen molar-refractivity contribution in [2.45, 2.75) is 19.3 Å². The second kappa shape index (κ2) is 9.02. The van der Waals surface area contributed by atoms with Gasteiger partial charge in [-0.1, -0.05) is 6.07 Å². The first-order chi connectivity index (χ1) is 13.1. The number of amides is 1. The summed E-state index contributed by atoms with van der Waals surface area (Å²) < 4.78 is 11.2. The van der Waals surface area contributed by atoms with E-state index in [1.54, 1.807) is 41.4 Å². The van der Waals surface area contributed by atoms with E-state index in [0.717, 1.165) is 12.8 Å². The molecular formula is C20H22N2O5. The molecule has 0 radical (unpaired) electrons. The Labute approximate surface area is 157 Å². The number of likely N-dealkylation sites (tertiary alicyclic amines) is 1. The van der Waals surface area contributed by atoms with Crippen LogP contribution in [0.15, 0.2) is 48.7 Å². The van der Waals surface area contributed by atoms with Gasteiger partial charge in [0.2, 0.25) is 5.88 Å². The van der Waals surface area contributed by atoms with Crippen molar-refractivity contribution in [1.29, 1.82) is 0 Å². The summed E-state index contributed by atoms with van der Waals surface area (Å²) in [6.07, 6.45) is 3.27. The summed E-state index contributed by atoms with van der Waals surface area (Å²) >= 11 is 0. The lowest BCUT2D eigenvalue weighted by Gasteiger charge is -2.31. The fourth-order valence-corrected chi connectivity index (χ4v) is 3.00. The number of aromatic nitrogens is 1. The van der Waals surface area contributed by atoms with Gasteiger partial charge in [0.25, 0.3) is 5.91 Å². The van der Waals surface area contributed by atoms with Gasteiger partial charge in [-0.15, -0.1) is 0 Å². The quantitative estimate of drug-likeness (QED) is 0.806. The summed E-state index contributed by atoms with van der Waals surface area (Å²) in [6, 6.07) is 12.4. The average Bonchev–Trinajstić information content (AvgIpc) is 2.68. The van der Waals surface area contributed by atoms with Crippen LogP contribution < -0.4 is 9.47 Å². The lowest BCUT2D eigenvalue weighted by atomic mass is 9.94. The first-order valence-corrected chi connectivity index (χ1v) is 8.91. The van der Waals surface area contributed by atoms with Gasteiger partial charge in [-0.2, -0.15) is 0 Å². The number of carboxylic acids is 1. The molecule has 1 N–H and O–H groups in total. The van der Waals surface area contributed by atoms with Crippen molar-refractivity contribution in [2.24, 2.45) is 5.92 Å². The Kier molecular flexibility index (Phi) is 6.25. The Hall–Kier alpha value is -3.09. The molecule has 1 aromatic heterocycles. The minimum atomic E-state index is -0.779. The zero-order valence-electron chi connectivity index (χ0n) is 14.9. The number of aliphatic carboxylic acids is 1. The van der Waals surface area contributed by atoms with Crippen LogP contribution in [0.1, 0.15) is 19.3 Å². The fourth-order valence-electron chi connectivity index (χ4n) is 3.00. The van der Waals surface area contributed by atoms with E-state index in [2.05, 4.69) is 4.98 Å². The molecule has 7 heteroatoms. The molecule has 0 atom stereocenters. The van der Waals surface area contributed by atoms with E-state index < -0.39 is 5.97 Å². The van der Waals surface area contributed by atoms with Crippen LogP contribution in [0.25, 0.3) is 0 Å². The largest absolute Gasteiger partial charge is 0.484 e. The summed E-state index contributed by atoms with van der Waals surface area (Å²) in [6.45, 7) is 1.12. The minimum Gasteiger partial charge on any atom is -0.484 e. The molecule has 1 saturated heterocycles. The Bertz CT molecular complexity index is 756. The summed E-state index contributed by atoms with van der Waals surface area (Å²) in [4.78, 5) is 28.8. The predicted octanol–water partition coefficient (Wildman–Crippen LogP) is 2.97. The van der Waals surface area contributed by atoms with Gasteiger partial charge in [-0.25, -0.2) is 4.98 Å². The summed E-state index contributed by atoms with van der Waals surface area (Å²) in [5, 5.41) is 8.84. The molecule has 1 fully saturated rings. The highest BCUT2D eigenvalue weighted by atomic mass is 16.5. The standard InChI is InChI=1S/C20H22N2O5/c23-19(22-11-8-15(9-12-22)13-20(24)25)14-26-16-4-6-17(7-5-16)27-18-3-1-2-10-21-18/h1-7,10,15H,8-9,11-14H2,(H,24,25). The van der Waals surface area contributed by atoms with Gasteiger partial charge in [0.1, 0.15) is 11.5 Å². The van der Waals surface area contributed by atoms with Gasteiger partial charge < -0.3 is 19.5 Å². The van der Waals surface area contributed by atoms with Gasteiger partial charge >= 0.3 is 5.97 Å². The molecule has 0 unspecified atom stereocenters. The fraction of sp³-hybridized carbons (Fsp3) is 0.350. The molecule has 1 aliphatic rings. The maximum Gasteiger partial charge on any atom is 0.303 e. The number of hydrogen-bond acceptors (Lipinski definition) is 5. The first-order valence-electron chi connectivity index (χ1n) is 8.91. The zero-order chi connectivity index (χ0) is 19.1. The maximum absolute atomic E-state index is 12.3. The molecule has 2 aromatic rings. The lowest BCUT2D eigenvalue weighted by Crippen LogP contribution is -2.41. The second-order valence-electron chi connectivity index (χ2n) is 6.45. The highest BCUT2D eigenvalue weighted by molar-refractivity contribution is 5.78. The van der Waals surface area contributed by atoms with E-state index in [1.165, 1.54) is 0 Å². The van der Waals surface area contributed by atoms with Crippen LogP contribution >= 0.6 is 0 Å². The van der Waals surface area contributed by atoms with Crippen molar-refractivity contribution >= 4 is 11.9 Å². The average molecular weight is 370 g/mol. The third-order valence-electron chi connectivity index (χ3n) is 4.48. The minimum absolute atomic E-state index is 0.0377. The Morgan fingerprint density at radius 1 is 1.07 bits per heavy atom. The molecule has 142 valence electrons. The number of carboxylic acid groups (broad SMARTS) is 1. The summed E-state index contributed by atoms with van der Waals surface area (Å²) in [5.74, 6) is 1.01. The van der Waals surface area contributed by atoms with Gasteiger partial charge in [0.15, 0.2) is 6.61 Å². The SMILES string of the molecule is O=C(O)CC1CCN(C(=O)COc2ccc(Oc3ccccn3)cc2)CC1. The van der Waals surface area contributed by atoms with Crippen LogP contribution in [0.4, 0.5) is 0 Å². The van der Waals surface area contributed by atoms with Gasteiger partial charge in [0.05, 0.1) is 0 Å². The molecule has 7 nitrogen and oxygen atoms in total. The maximum atomic E-state index is 12.3. The number of carbonyl (C=O) groups excluding carboxylic acids is 1. The monoisotopic (exact) mass is 370 g/mol. The topological polar surface area (TPSA) is 89.0 Å². The normalized spacial score (nSPS) is 14.6. The Morgan fingerprint density at radius 2 is 1.78 bits per heavy atom. The van der Waals surface area contributed by atoms with E-state index in [4.69, 9.17) is 14.6 Å². The molecule has 1 amide bonds. The number of ether oxygens (including phenoxy) is 2. The number of carbonyl (C=O) groups is 2. The van der Waals surface area contributed by atoms with Crippen LogP contribution in [0.2, 0.25) is 0 Å². The molecule has 1 aliphatic heterocycles. The molecule has 0 saturated carbocycles. The number of rotatable bonds is 7. The highest BCUT2D eigenvalue weighted by Crippen LogP contribution is 2.23. The Balaban J connectivity index is 1.43. The van der Waals surface area contributed by atoms with Crippen LogP contribution in [0, 0.1) is 5.92 Å². The highest BCUT2D eigenvalue weighted by Gasteiger charge is 2.24. The molecule has 0 bridgehead atoms. The van der Waals surface area contributed by atoms with Crippen LogP contribution in [-0.2, 0) is 9.59 Å². The van der Waals surface area contributed by atoms with E-state index in [1.807, 2.05) is 12.1 Å². The van der Waals surface area contributed by atoms with Crippen molar-refractivity contribution in [2.75, 3.05) is 19.7 Å². The van der Waals surface area contributed by atoms with Gasteiger partial charge in [0, 0.05) is 31.8 Å². The van der Waals surface area contributed by atoms with Crippen molar-refractivity contribution in [3.63, 3.8) is 0 Å². The lowest BCUT2D eigenvalue weighted by molar-refractivity contribution is -0.139. The van der Waals surface area contributed by atoms with Crippen LogP contribution in [-0.4, -0.2) is 46.6 Å². The number of pyridine rings is 1. The van der Waals surface area contributed by atoms with Crippen LogP contribution in [0.3, 0.4) is 0 Å². The third kappa shape index (κ3) is 5.70. The summed E-state index contributed by atoms with van der Waals surface area (Å²) in [5.41, 5.74) is 0. The second-order valence-corrected chi connectivity index (χ2v) is 6.45. The predicted molar refractivity (Wildman–Crippen MR) is 97.8 cm³/mol. The van der Waals surface area contributed by atoms with Crippen molar-refractivity contribution < 1.29 is 24.2 Å². The van der Waals surface area contributed by atoms with E-state index >= 15 is 0 Å². The first kappa shape index (κ1) is 18.7. The van der Waals surface area contributed by atoms with Crippen LogP contribution in [0.5, 0.6) is 17.4 Å². The third-order valence-corrected chi connectivity index (χ3v) is 4.48. The van der Waals surface area contributed by atoms with Crippen molar-refractivity contribution in [3.05, 3.63) is 48.7 Å². The van der Waals surface area contributed by atoms with Gasteiger partial charge in [-0.05, 0) is 49.1 Å². The molecule has 0 aliphatic carbocycles. The van der Waals surface area contributed by atoms with Gasteiger partial charge in [-0.3, -0.25) is 9.59 Å². The number of nitrogens with zero attached hydrogens (tertiary/aromatic N) is 2. The Morgan fingerprint density at radius 3 is 2.41 bits per heavy atom.